The predicted molar refractivity (Wildman–Crippen MR) is 128 cm³/mol. The standard InChI is InChI=1S/C19H35N5O4S.HI/c1-4-20-19(21-14-17(5-11-25)13-16(2)3)23-7-9-24(10-8-23)29(26,27)15-18-6-12-28-22-18;/h6,12,16-17,25H,4-5,7-11,13-15H2,1-3H3,(H,20,21);1H. The van der Waals surface area contributed by atoms with Crippen molar-refractivity contribution in [2.75, 3.05) is 45.9 Å². The zero-order valence-electron chi connectivity index (χ0n) is 18.2. The van der Waals surface area contributed by atoms with Crippen LogP contribution in [0.15, 0.2) is 21.8 Å². The molecule has 1 aromatic heterocycles. The quantitative estimate of drug-likeness (QED) is 0.256. The van der Waals surface area contributed by atoms with Crippen LogP contribution in [0, 0.1) is 11.8 Å². The minimum Gasteiger partial charge on any atom is -0.396 e. The normalized spacial score (nSPS) is 17.1. The van der Waals surface area contributed by atoms with Gasteiger partial charge in [-0.1, -0.05) is 19.0 Å². The Labute approximate surface area is 197 Å². The molecule has 1 aromatic rings. The zero-order chi connectivity index (χ0) is 21.3. The van der Waals surface area contributed by atoms with Crippen molar-refractivity contribution in [1.29, 1.82) is 0 Å². The number of nitrogens with zero attached hydrogens (tertiary/aromatic N) is 4. The van der Waals surface area contributed by atoms with Gasteiger partial charge in [-0.05, 0) is 31.6 Å². The van der Waals surface area contributed by atoms with Crippen LogP contribution < -0.4 is 5.32 Å². The molecule has 1 atom stereocenters. The number of hydrogen-bond acceptors (Lipinski definition) is 6. The second-order valence-electron chi connectivity index (χ2n) is 7.84. The van der Waals surface area contributed by atoms with E-state index in [0.29, 0.717) is 50.3 Å². The van der Waals surface area contributed by atoms with Crippen molar-refractivity contribution >= 4 is 40.0 Å². The highest BCUT2D eigenvalue weighted by Gasteiger charge is 2.29. The smallest absolute Gasteiger partial charge is 0.220 e. The van der Waals surface area contributed by atoms with E-state index in [4.69, 9.17) is 9.52 Å². The Kier molecular flexibility index (Phi) is 12.2. The molecule has 0 aliphatic carbocycles. The van der Waals surface area contributed by atoms with Crippen LogP contribution in [0.2, 0.25) is 0 Å². The lowest BCUT2D eigenvalue weighted by molar-refractivity contribution is 0.243. The summed E-state index contributed by atoms with van der Waals surface area (Å²) in [6.45, 7) is 9.95. The van der Waals surface area contributed by atoms with E-state index in [1.54, 1.807) is 6.07 Å². The maximum Gasteiger partial charge on any atom is 0.220 e. The molecular formula is C19H36IN5O4S. The third-order valence-corrected chi connectivity index (χ3v) is 6.74. The maximum absolute atomic E-state index is 12.6. The summed E-state index contributed by atoms with van der Waals surface area (Å²) in [5.41, 5.74) is 0.419. The van der Waals surface area contributed by atoms with Crippen molar-refractivity contribution in [1.82, 2.24) is 19.7 Å². The van der Waals surface area contributed by atoms with E-state index in [0.717, 1.165) is 25.3 Å². The zero-order valence-corrected chi connectivity index (χ0v) is 21.3. The van der Waals surface area contributed by atoms with Gasteiger partial charge in [0.05, 0.1) is 5.69 Å². The van der Waals surface area contributed by atoms with Gasteiger partial charge in [-0.3, -0.25) is 4.99 Å². The van der Waals surface area contributed by atoms with E-state index in [9.17, 15) is 13.5 Å². The van der Waals surface area contributed by atoms with E-state index in [2.05, 4.69) is 29.2 Å². The summed E-state index contributed by atoms with van der Waals surface area (Å²) in [5, 5.41) is 16.3. The summed E-state index contributed by atoms with van der Waals surface area (Å²) in [6.07, 6.45) is 3.15. The van der Waals surface area contributed by atoms with E-state index in [1.807, 2.05) is 6.92 Å². The molecule has 0 saturated carbocycles. The molecule has 2 heterocycles. The molecule has 0 aromatic carbocycles. The van der Waals surface area contributed by atoms with E-state index in [-0.39, 0.29) is 36.3 Å². The average Bonchev–Trinajstić information content (AvgIpc) is 3.17. The predicted octanol–water partition coefficient (Wildman–Crippen LogP) is 1.75. The number of aliphatic hydroxyl groups excluding tert-OH is 1. The van der Waals surface area contributed by atoms with Gasteiger partial charge in [0.1, 0.15) is 12.0 Å². The van der Waals surface area contributed by atoms with Crippen molar-refractivity contribution < 1.29 is 18.0 Å². The largest absolute Gasteiger partial charge is 0.396 e. The summed E-state index contributed by atoms with van der Waals surface area (Å²) in [5.74, 6) is 1.57. The summed E-state index contributed by atoms with van der Waals surface area (Å²) in [6, 6.07) is 1.57. The minimum absolute atomic E-state index is 0. The first-order valence-corrected chi connectivity index (χ1v) is 12.0. The number of aliphatic imine (C=N–C) groups is 1. The number of aromatic nitrogens is 1. The molecule has 30 heavy (non-hydrogen) atoms. The molecule has 1 aliphatic rings. The highest BCUT2D eigenvalue weighted by atomic mass is 127. The fourth-order valence-electron chi connectivity index (χ4n) is 3.54. The lowest BCUT2D eigenvalue weighted by atomic mass is 9.94. The minimum atomic E-state index is -3.42. The van der Waals surface area contributed by atoms with Gasteiger partial charge in [0.2, 0.25) is 10.0 Å². The second-order valence-corrected chi connectivity index (χ2v) is 9.80. The van der Waals surface area contributed by atoms with Crippen LogP contribution in [0.3, 0.4) is 0 Å². The highest BCUT2D eigenvalue weighted by molar-refractivity contribution is 14.0. The van der Waals surface area contributed by atoms with E-state index >= 15 is 0 Å². The number of guanidine groups is 1. The number of rotatable bonds is 10. The first kappa shape index (κ1) is 27.1. The average molecular weight is 557 g/mol. The second kappa shape index (κ2) is 13.5. The Bertz CT molecular complexity index is 719. The fourth-order valence-corrected chi connectivity index (χ4v) is 4.97. The molecule has 1 saturated heterocycles. The van der Waals surface area contributed by atoms with Crippen molar-refractivity contribution in [3.8, 4) is 0 Å². The lowest BCUT2D eigenvalue weighted by Gasteiger charge is -2.36. The first-order valence-electron chi connectivity index (χ1n) is 10.4. The van der Waals surface area contributed by atoms with Gasteiger partial charge < -0.3 is 19.8 Å². The Morgan fingerprint density at radius 3 is 2.57 bits per heavy atom. The Balaban J connectivity index is 0.00000450. The van der Waals surface area contributed by atoms with Crippen LogP contribution in [-0.4, -0.2) is 79.7 Å². The van der Waals surface area contributed by atoms with Gasteiger partial charge in [-0.25, -0.2) is 8.42 Å². The third-order valence-electron chi connectivity index (χ3n) is 4.93. The summed E-state index contributed by atoms with van der Waals surface area (Å²) in [4.78, 5) is 6.90. The van der Waals surface area contributed by atoms with Gasteiger partial charge in [-0.2, -0.15) is 4.31 Å². The lowest BCUT2D eigenvalue weighted by Crippen LogP contribution is -2.54. The van der Waals surface area contributed by atoms with Crippen LogP contribution >= 0.6 is 24.0 Å². The number of halogens is 1. The molecule has 1 fully saturated rings. The van der Waals surface area contributed by atoms with Crippen molar-refractivity contribution in [2.24, 2.45) is 16.8 Å². The summed E-state index contributed by atoms with van der Waals surface area (Å²) in [7, 11) is -3.42. The highest BCUT2D eigenvalue weighted by Crippen LogP contribution is 2.17. The van der Waals surface area contributed by atoms with Gasteiger partial charge in [0.25, 0.3) is 0 Å². The van der Waals surface area contributed by atoms with Gasteiger partial charge >= 0.3 is 0 Å². The Morgan fingerprint density at radius 2 is 2.03 bits per heavy atom. The number of piperazine rings is 1. The van der Waals surface area contributed by atoms with E-state index in [1.165, 1.54) is 10.6 Å². The van der Waals surface area contributed by atoms with Crippen LogP contribution in [0.25, 0.3) is 0 Å². The fraction of sp³-hybridized carbons (Fsp3) is 0.789. The molecule has 0 spiro atoms. The number of nitrogens with one attached hydrogen (secondary N) is 1. The number of sulfonamides is 1. The van der Waals surface area contributed by atoms with Crippen LogP contribution in [-0.2, 0) is 15.8 Å². The van der Waals surface area contributed by atoms with Crippen molar-refractivity contribution in [2.45, 2.75) is 39.4 Å². The molecule has 174 valence electrons. The summed E-state index contributed by atoms with van der Waals surface area (Å²) < 4.78 is 31.4. The third kappa shape index (κ3) is 8.67. The molecule has 0 radical (unpaired) electrons. The molecule has 1 unspecified atom stereocenters. The Hall–Kier alpha value is -0.920. The molecule has 9 nitrogen and oxygen atoms in total. The van der Waals surface area contributed by atoms with Gasteiger partial charge in [0, 0.05) is 51.9 Å². The van der Waals surface area contributed by atoms with Crippen molar-refractivity contribution in [3.63, 3.8) is 0 Å². The van der Waals surface area contributed by atoms with Crippen LogP contribution in [0.5, 0.6) is 0 Å². The van der Waals surface area contributed by atoms with E-state index < -0.39 is 10.0 Å². The van der Waals surface area contributed by atoms with Gasteiger partial charge in [0.15, 0.2) is 5.96 Å². The summed E-state index contributed by atoms with van der Waals surface area (Å²) >= 11 is 0. The maximum atomic E-state index is 12.6. The molecule has 2 N–H and O–H groups in total. The van der Waals surface area contributed by atoms with Crippen LogP contribution in [0.1, 0.15) is 39.3 Å². The van der Waals surface area contributed by atoms with Gasteiger partial charge in [-0.15, -0.1) is 24.0 Å². The molecule has 11 heteroatoms. The SMILES string of the molecule is CCNC(=NCC(CCO)CC(C)C)N1CCN(S(=O)(=O)Cc2ccon2)CC1.I. The molecule has 0 bridgehead atoms. The number of hydrogen-bond donors (Lipinski definition) is 2. The molecule has 1 aliphatic heterocycles. The Morgan fingerprint density at radius 1 is 1.33 bits per heavy atom. The van der Waals surface area contributed by atoms with Crippen molar-refractivity contribution in [3.05, 3.63) is 18.0 Å². The molecular weight excluding hydrogens is 521 g/mol. The topological polar surface area (TPSA) is 111 Å². The monoisotopic (exact) mass is 557 g/mol. The molecule has 0 amide bonds. The number of aliphatic hydroxyl groups is 1. The first-order chi connectivity index (χ1) is 13.9. The molecule has 2 rings (SSSR count). The van der Waals surface area contributed by atoms with Crippen LogP contribution in [0.4, 0.5) is 0 Å².